The molecule has 0 aliphatic carbocycles. The van der Waals surface area contributed by atoms with Gasteiger partial charge in [0, 0.05) is 0 Å². The Morgan fingerprint density at radius 1 is 1.50 bits per heavy atom. The number of hydrogen-bond donors (Lipinski definition) is 1. The predicted octanol–water partition coefficient (Wildman–Crippen LogP) is 1.94. The molecule has 6 nitrogen and oxygen atoms in total. The van der Waals surface area contributed by atoms with Crippen molar-refractivity contribution in [3.05, 3.63) is 12.7 Å². The zero-order valence-corrected chi connectivity index (χ0v) is 12.3. The Hall–Kier alpha value is -1.85. The van der Waals surface area contributed by atoms with Crippen LogP contribution in [-0.4, -0.2) is 29.7 Å². The van der Waals surface area contributed by atoms with E-state index in [1.165, 1.54) is 0 Å². The van der Waals surface area contributed by atoms with Crippen LogP contribution in [0.4, 0.5) is 4.79 Å². The van der Waals surface area contributed by atoms with Crippen molar-refractivity contribution >= 4 is 18.0 Å². The summed E-state index contributed by atoms with van der Waals surface area (Å²) in [5.74, 6) is -1.05. The van der Waals surface area contributed by atoms with E-state index in [1.807, 2.05) is 0 Å². The number of ether oxygens (including phenoxy) is 2. The molecule has 0 bridgehead atoms. The SMILES string of the molecule is C=CCC1(C)C[C@@H](C(=O)OC(=O)OC(C)(C)C)NC1=O. The summed E-state index contributed by atoms with van der Waals surface area (Å²) in [4.78, 5) is 35.0. The van der Waals surface area contributed by atoms with Crippen LogP contribution < -0.4 is 5.32 Å². The lowest BCUT2D eigenvalue weighted by molar-refractivity contribution is -0.144. The average molecular weight is 283 g/mol. The molecular formula is C14H21NO5. The summed E-state index contributed by atoms with van der Waals surface area (Å²) in [6.07, 6.45) is 1.28. The number of nitrogens with one attached hydrogen (secondary N) is 1. The maximum absolute atomic E-state index is 11.8. The van der Waals surface area contributed by atoms with Crippen LogP contribution in [0.1, 0.15) is 40.5 Å². The molecule has 20 heavy (non-hydrogen) atoms. The molecule has 0 aromatic carbocycles. The van der Waals surface area contributed by atoms with E-state index in [0.717, 1.165) is 0 Å². The third-order valence-electron chi connectivity index (χ3n) is 2.96. The largest absolute Gasteiger partial charge is 0.516 e. The van der Waals surface area contributed by atoms with Crippen LogP contribution in [0.25, 0.3) is 0 Å². The Morgan fingerprint density at radius 3 is 2.60 bits per heavy atom. The molecule has 0 spiro atoms. The zero-order valence-electron chi connectivity index (χ0n) is 12.3. The van der Waals surface area contributed by atoms with E-state index in [0.29, 0.717) is 6.42 Å². The first-order valence-corrected chi connectivity index (χ1v) is 6.44. The quantitative estimate of drug-likeness (QED) is 0.486. The normalized spacial score (nSPS) is 25.8. The second kappa shape index (κ2) is 5.64. The maximum Gasteiger partial charge on any atom is 0.516 e. The van der Waals surface area contributed by atoms with Gasteiger partial charge in [-0.2, -0.15) is 0 Å². The molecule has 0 aromatic heterocycles. The first-order chi connectivity index (χ1) is 9.07. The Kier molecular flexibility index (Phi) is 4.57. The summed E-state index contributed by atoms with van der Waals surface area (Å²) in [6, 6.07) is -0.833. The summed E-state index contributed by atoms with van der Waals surface area (Å²) in [5, 5.41) is 2.53. The third-order valence-corrected chi connectivity index (χ3v) is 2.96. The number of esters is 1. The van der Waals surface area contributed by atoms with E-state index >= 15 is 0 Å². The smallest absolute Gasteiger partial charge is 0.428 e. The van der Waals surface area contributed by atoms with Crippen LogP contribution in [0.3, 0.4) is 0 Å². The van der Waals surface area contributed by atoms with Gasteiger partial charge < -0.3 is 14.8 Å². The second-order valence-electron chi connectivity index (χ2n) is 6.17. The topological polar surface area (TPSA) is 81.7 Å². The fraction of sp³-hybridized carbons (Fsp3) is 0.643. The maximum atomic E-state index is 11.8. The Bertz CT molecular complexity index is 437. The van der Waals surface area contributed by atoms with Crippen molar-refractivity contribution in [3.63, 3.8) is 0 Å². The number of amides is 1. The van der Waals surface area contributed by atoms with Crippen molar-refractivity contribution in [2.45, 2.75) is 52.2 Å². The van der Waals surface area contributed by atoms with Gasteiger partial charge in [0.1, 0.15) is 11.6 Å². The molecule has 1 unspecified atom stereocenters. The molecule has 1 aliphatic heterocycles. The standard InChI is InChI=1S/C14H21NO5/c1-6-7-14(5)8-9(15-11(14)17)10(16)19-12(18)20-13(2,3)4/h6,9H,1,7-8H2,2-5H3,(H,15,17)/t9-,14?/m0/s1. The highest BCUT2D eigenvalue weighted by Gasteiger charge is 2.45. The molecular weight excluding hydrogens is 262 g/mol. The number of carbonyl (C=O) groups is 3. The van der Waals surface area contributed by atoms with Crippen LogP contribution in [0.15, 0.2) is 12.7 Å². The highest BCUT2D eigenvalue weighted by molar-refractivity contribution is 5.94. The number of rotatable bonds is 3. The first-order valence-electron chi connectivity index (χ1n) is 6.44. The Balaban J connectivity index is 2.60. The molecule has 2 atom stereocenters. The predicted molar refractivity (Wildman–Crippen MR) is 71.8 cm³/mol. The summed E-state index contributed by atoms with van der Waals surface area (Å²) < 4.78 is 9.47. The minimum atomic E-state index is -1.06. The van der Waals surface area contributed by atoms with Gasteiger partial charge in [-0.1, -0.05) is 13.0 Å². The van der Waals surface area contributed by atoms with Crippen LogP contribution in [-0.2, 0) is 19.1 Å². The van der Waals surface area contributed by atoms with Crippen LogP contribution in [0.2, 0.25) is 0 Å². The highest BCUT2D eigenvalue weighted by Crippen LogP contribution is 2.33. The molecule has 1 amide bonds. The summed E-state index contributed by atoms with van der Waals surface area (Å²) in [5.41, 5.74) is -1.44. The zero-order chi connectivity index (χ0) is 15.6. The van der Waals surface area contributed by atoms with E-state index in [1.54, 1.807) is 33.8 Å². The average Bonchev–Trinajstić information content (AvgIpc) is 2.53. The van der Waals surface area contributed by atoms with Crippen molar-refractivity contribution in [1.82, 2.24) is 5.32 Å². The number of carbonyl (C=O) groups excluding carboxylic acids is 3. The Morgan fingerprint density at radius 2 is 2.10 bits per heavy atom. The lowest BCUT2D eigenvalue weighted by Gasteiger charge is -2.19. The first kappa shape index (κ1) is 16.2. The van der Waals surface area contributed by atoms with Gasteiger partial charge in [0.05, 0.1) is 5.41 Å². The van der Waals surface area contributed by atoms with Crippen LogP contribution in [0.5, 0.6) is 0 Å². The molecule has 1 aliphatic rings. The van der Waals surface area contributed by atoms with Gasteiger partial charge in [-0.15, -0.1) is 6.58 Å². The van der Waals surface area contributed by atoms with E-state index in [4.69, 9.17) is 4.74 Å². The monoisotopic (exact) mass is 283 g/mol. The van der Waals surface area contributed by atoms with E-state index in [2.05, 4.69) is 16.6 Å². The molecule has 1 saturated heterocycles. The summed E-state index contributed by atoms with van der Waals surface area (Å²) in [7, 11) is 0. The minimum Gasteiger partial charge on any atom is -0.428 e. The molecule has 112 valence electrons. The highest BCUT2D eigenvalue weighted by atomic mass is 16.7. The number of hydrogen-bond acceptors (Lipinski definition) is 5. The number of allylic oxidation sites excluding steroid dienone is 1. The molecule has 6 heteroatoms. The lowest BCUT2D eigenvalue weighted by atomic mass is 9.84. The fourth-order valence-corrected chi connectivity index (χ4v) is 1.99. The van der Waals surface area contributed by atoms with Gasteiger partial charge in [0.2, 0.25) is 5.91 Å². The van der Waals surface area contributed by atoms with Crippen molar-refractivity contribution in [2.24, 2.45) is 5.41 Å². The van der Waals surface area contributed by atoms with Gasteiger partial charge in [-0.05, 0) is 33.6 Å². The second-order valence-corrected chi connectivity index (χ2v) is 6.17. The van der Waals surface area contributed by atoms with E-state index < -0.39 is 29.2 Å². The molecule has 1 rings (SSSR count). The van der Waals surface area contributed by atoms with Gasteiger partial charge >= 0.3 is 12.1 Å². The van der Waals surface area contributed by atoms with Crippen molar-refractivity contribution in [1.29, 1.82) is 0 Å². The molecule has 0 saturated carbocycles. The van der Waals surface area contributed by atoms with Gasteiger partial charge in [0.25, 0.3) is 0 Å². The van der Waals surface area contributed by atoms with Crippen molar-refractivity contribution in [2.75, 3.05) is 0 Å². The molecule has 1 N–H and O–H groups in total. The molecule has 1 heterocycles. The van der Waals surface area contributed by atoms with Gasteiger partial charge in [0.15, 0.2) is 0 Å². The van der Waals surface area contributed by atoms with Crippen molar-refractivity contribution in [3.8, 4) is 0 Å². The molecule has 1 fully saturated rings. The third kappa shape index (κ3) is 4.08. The summed E-state index contributed by atoms with van der Waals surface area (Å²) >= 11 is 0. The van der Waals surface area contributed by atoms with Crippen LogP contribution >= 0.6 is 0 Å². The van der Waals surface area contributed by atoms with Gasteiger partial charge in [-0.25, -0.2) is 9.59 Å². The van der Waals surface area contributed by atoms with E-state index in [9.17, 15) is 14.4 Å². The lowest BCUT2D eigenvalue weighted by Crippen LogP contribution is -2.37. The summed E-state index contributed by atoms with van der Waals surface area (Å²) in [6.45, 7) is 10.3. The van der Waals surface area contributed by atoms with Crippen molar-refractivity contribution < 1.29 is 23.9 Å². The molecule has 0 radical (unpaired) electrons. The minimum absolute atomic E-state index is 0.247. The molecule has 0 aromatic rings. The van der Waals surface area contributed by atoms with E-state index in [-0.39, 0.29) is 12.3 Å². The van der Waals surface area contributed by atoms with Crippen LogP contribution in [0, 0.1) is 5.41 Å². The van der Waals surface area contributed by atoms with Gasteiger partial charge in [-0.3, -0.25) is 4.79 Å². The Labute approximate surface area is 118 Å². The fourth-order valence-electron chi connectivity index (χ4n) is 1.99.